The average Bonchev–Trinajstić information content (AvgIpc) is 3.03. The van der Waals surface area contributed by atoms with Crippen LogP contribution in [0.5, 0.6) is 5.75 Å². The van der Waals surface area contributed by atoms with Gasteiger partial charge in [-0.2, -0.15) is 0 Å². The van der Waals surface area contributed by atoms with Crippen LogP contribution in [0, 0.1) is 6.92 Å². The van der Waals surface area contributed by atoms with Crippen LogP contribution in [0.4, 0.5) is 5.82 Å². The summed E-state index contributed by atoms with van der Waals surface area (Å²) in [5.41, 5.74) is 1.02. The number of carboxylic acid groups (broad SMARTS) is 1. The zero-order chi connectivity index (χ0) is 20.1. The van der Waals surface area contributed by atoms with Gasteiger partial charge in [-0.15, -0.1) is 11.3 Å². The van der Waals surface area contributed by atoms with E-state index in [1.807, 2.05) is 25.1 Å². The molecule has 0 aliphatic rings. The number of methoxy groups -OCH3 is 1. The molecule has 0 saturated heterocycles. The Labute approximate surface area is 172 Å². The van der Waals surface area contributed by atoms with Crippen molar-refractivity contribution in [1.29, 1.82) is 0 Å². The standard InChI is InChI=1S/C20H22ClN3O3S/c1-12-9-14-19(22-11-13-7-8-16(27-2)15(21)10-13)23-17(24-20(14)28-12)5-3-4-6-18(25)26/h7-10H,3-6,11H2,1-2H3,(H,25,26)(H,22,23,24). The van der Waals surface area contributed by atoms with Gasteiger partial charge in [0.05, 0.1) is 17.5 Å². The molecule has 0 aliphatic carbocycles. The lowest BCUT2D eigenvalue weighted by Crippen LogP contribution is -2.05. The van der Waals surface area contributed by atoms with Crippen LogP contribution in [0.25, 0.3) is 10.2 Å². The molecule has 3 aromatic rings. The van der Waals surface area contributed by atoms with Crippen LogP contribution < -0.4 is 10.1 Å². The molecule has 148 valence electrons. The van der Waals surface area contributed by atoms with Gasteiger partial charge in [-0.1, -0.05) is 17.7 Å². The van der Waals surface area contributed by atoms with Crippen molar-refractivity contribution in [3.05, 3.63) is 45.6 Å². The Morgan fingerprint density at radius 3 is 2.82 bits per heavy atom. The number of thiophene rings is 1. The molecule has 8 heteroatoms. The second kappa shape index (κ2) is 9.21. The number of aliphatic carboxylic acids is 1. The van der Waals surface area contributed by atoms with Gasteiger partial charge in [-0.05, 0) is 43.5 Å². The van der Waals surface area contributed by atoms with E-state index >= 15 is 0 Å². The fourth-order valence-electron chi connectivity index (χ4n) is 2.90. The average molecular weight is 420 g/mol. The maximum atomic E-state index is 10.7. The van der Waals surface area contributed by atoms with Crippen LogP contribution in [0.3, 0.4) is 0 Å². The summed E-state index contributed by atoms with van der Waals surface area (Å²) in [4.78, 5) is 22.1. The molecule has 3 rings (SSSR count). The smallest absolute Gasteiger partial charge is 0.303 e. The number of hydrogen-bond donors (Lipinski definition) is 2. The van der Waals surface area contributed by atoms with Gasteiger partial charge < -0.3 is 15.2 Å². The molecule has 0 radical (unpaired) electrons. The van der Waals surface area contributed by atoms with Gasteiger partial charge in [-0.25, -0.2) is 9.97 Å². The zero-order valence-corrected chi connectivity index (χ0v) is 17.4. The number of nitrogens with zero attached hydrogens (tertiary/aromatic N) is 2. The van der Waals surface area contributed by atoms with Crippen molar-refractivity contribution >= 4 is 44.9 Å². The van der Waals surface area contributed by atoms with Crippen LogP contribution in [0.15, 0.2) is 24.3 Å². The maximum absolute atomic E-state index is 10.7. The third-order valence-electron chi connectivity index (χ3n) is 4.28. The molecule has 0 unspecified atom stereocenters. The molecule has 0 atom stereocenters. The summed E-state index contributed by atoms with van der Waals surface area (Å²) < 4.78 is 5.19. The lowest BCUT2D eigenvalue weighted by atomic mass is 10.2. The van der Waals surface area contributed by atoms with Gasteiger partial charge >= 0.3 is 5.97 Å². The van der Waals surface area contributed by atoms with Crippen molar-refractivity contribution in [2.75, 3.05) is 12.4 Å². The molecule has 28 heavy (non-hydrogen) atoms. The predicted molar refractivity (Wildman–Crippen MR) is 113 cm³/mol. The van der Waals surface area contributed by atoms with Crippen LogP contribution >= 0.6 is 22.9 Å². The van der Waals surface area contributed by atoms with Gasteiger partial charge in [0.2, 0.25) is 0 Å². The highest BCUT2D eigenvalue weighted by Crippen LogP contribution is 2.30. The molecule has 2 aromatic heterocycles. The molecular weight excluding hydrogens is 398 g/mol. The van der Waals surface area contributed by atoms with E-state index in [2.05, 4.69) is 21.4 Å². The first-order chi connectivity index (χ1) is 13.5. The number of aromatic nitrogens is 2. The first kappa shape index (κ1) is 20.4. The largest absolute Gasteiger partial charge is 0.495 e. The lowest BCUT2D eigenvalue weighted by molar-refractivity contribution is -0.137. The Hall–Kier alpha value is -2.38. The van der Waals surface area contributed by atoms with Gasteiger partial charge in [0.1, 0.15) is 22.2 Å². The minimum Gasteiger partial charge on any atom is -0.495 e. The third kappa shape index (κ3) is 5.11. The Bertz CT molecular complexity index is 990. The highest BCUT2D eigenvalue weighted by Gasteiger charge is 2.11. The van der Waals surface area contributed by atoms with E-state index in [0.29, 0.717) is 30.2 Å². The number of rotatable bonds is 9. The van der Waals surface area contributed by atoms with E-state index in [1.165, 1.54) is 4.88 Å². The fourth-order valence-corrected chi connectivity index (χ4v) is 4.08. The topological polar surface area (TPSA) is 84.3 Å². The highest BCUT2D eigenvalue weighted by molar-refractivity contribution is 7.18. The molecule has 2 heterocycles. The van der Waals surface area contributed by atoms with Gasteiger partial charge in [-0.3, -0.25) is 4.79 Å². The Morgan fingerprint density at radius 2 is 2.11 bits per heavy atom. The number of unbranched alkanes of at least 4 members (excludes halogenated alkanes) is 1. The number of anilines is 1. The van der Waals surface area contributed by atoms with Crippen molar-refractivity contribution in [2.45, 2.75) is 39.2 Å². The number of benzene rings is 1. The van der Waals surface area contributed by atoms with E-state index < -0.39 is 5.97 Å². The molecule has 0 fully saturated rings. The minimum absolute atomic E-state index is 0.170. The molecule has 0 aliphatic heterocycles. The maximum Gasteiger partial charge on any atom is 0.303 e. The summed E-state index contributed by atoms with van der Waals surface area (Å²) in [5, 5.41) is 13.7. The van der Waals surface area contributed by atoms with Crippen LogP contribution in [0.2, 0.25) is 5.02 Å². The number of carboxylic acids is 1. The SMILES string of the molecule is COc1ccc(CNc2nc(CCCCC(=O)O)nc3sc(C)cc23)cc1Cl. The quantitative estimate of drug-likeness (QED) is 0.471. The Balaban J connectivity index is 1.76. The molecule has 6 nitrogen and oxygen atoms in total. The molecule has 0 amide bonds. The number of nitrogens with one attached hydrogen (secondary N) is 1. The number of aryl methyl sites for hydroxylation is 2. The summed E-state index contributed by atoms with van der Waals surface area (Å²) in [6.07, 6.45) is 2.19. The minimum atomic E-state index is -0.772. The number of carbonyl (C=O) groups is 1. The summed E-state index contributed by atoms with van der Waals surface area (Å²) in [6, 6.07) is 7.76. The highest BCUT2D eigenvalue weighted by atomic mass is 35.5. The summed E-state index contributed by atoms with van der Waals surface area (Å²) >= 11 is 7.84. The molecule has 0 bridgehead atoms. The van der Waals surface area contributed by atoms with E-state index in [9.17, 15) is 4.79 Å². The first-order valence-corrected chi connectivity index (χ1v) is 10.2. The van der Waals surface area contributed by atoms with Crippen LogP contribution in [-0.4, -0.2) is 28.2 Å². The van der Waals surface area contributed by atoms with E-state index in [1.54, 1.807) is 18.4 Å². The zero-order valence-electron chi connectivity index (χ0n) is 15.8. The number of hydrogen-bond acceptors (Lipinski definition) is 6. The summed E-state index contributed by atoms with van der Waals surface area (Å²) in [6.45, 7) is 2.62. The number of halogens is 1. The van der Waals surface area contributed by atoms with E-state index in [0.717, 1.165) is 33.8 Å². The van der Waals surface area contributed by atoms with Gasteiger partial charge in [0.15, 0.2) is 0 Å². The fraction of sp³-hybridized carbons (Fsp3) is 0.350. The number of ether oxygens (including phenoxy) is 1. The molecule has 0 spiro atoms. The Morgan fingerprint density at radius 1 is 1.29 bits per heavy atom. The monoisotopic (exact) mass is 419 g/mol. The van der Waals surface area contributed by atoms with Gasteiger partial charge in [0.25, 0.3) is 0 Å². The van der Waals surface area contributed by atoms with Crippen molar-refractivity contribution < 1.29 is 14.6 Å². The van der Waals surface area contributed by atoms with Crippen molar-refractivity contribution in [2.24, 2.45) is 0 Å². The van der Waals surface area contributed by atoms with Crippen molar-refractivity contribution in [3.8, 4) is 5.75 Å². The normalized spacial score (nSPS) is 11.0. The van der Waals surface area contributed by atoms with Crippen molar-refractivity contribution in [3.63, 3.8) is 0 Å². The molecule has 1 aromatic carbocycles. The number of fused-ring (bicyclic) bond motifs is 1. The second-order valence-electron chi connectivity index (χ2n) is 6.49. The van der Waals surface area contributed by atoms with E-state index in [-0.39, 0.29) is 6.42 Å². The first-order valence-electron chi connectivity index (χ1n) is 9.01. The third-order valence-corrected chi connectivity index (χ3v) is 5.52. The second-order valence-corrected chi connectivity index (χ2v) is 8.13. The molecule has 2 N–H and O–H groups in total. The predicted octanol–water partition coefficient (Wildman–Crippen LogP) is 5.07. The lowest BCUT2D eigenvalue weighted by Gasteiger charge is -2.10. The Kier molecular flexibility index (Phi) is 6.70. The van der Waals surface area contributed by atoms with E-state index in [4.69, 9.17) is 21.4 Å². The summed E-state index contributed by atoms with van der Waals surface area (Å²) in [5.74, 6) is 1.39. The summed E-state index contributed by atoms with van der Waals surface area (Å²) in [7, 11) is 1.59. The van der Waals surface area contributed by atoms with Crippen LogP contribution in [0.1, 0.15) is 35.5 Å². The molecular formula is C20H22ClN3O3S. The van der Waals surface area contributed by atoms with Gasteiger partial charge in [0, 0.05) is 24.3 Å². The molecule has 0 saturated carbocycles. The van der Waals surface area contributed by atoms with Crippen LogP contribution in [-0.2, 0) is 17.8 Å². The van der Waals surface area contributed by atoms with Crippen molar-refractivity contribution in [1.82, 2.24) is 9.97 Å².